The Labute approximate surface area is 165 Å². The van der Waals surface area contributed by atoms with Crippen LogP contribution in [0.15, 0.2) is 36.4 Å². The van der Waals surface area contributed by atoms with Crippen LogP contribution in [-0.4, -0.2) is 18.1 Å². The molecule has 1 aliphatic carbocycles. The number of ether oxygens (including phenoxy) is 1. The van der Waals surface area contributed by atoms with Gasteiger partial charge in [-0.25, -0.2) is 4.79 Å². The largest absolute Gasteiger partial charge is 0.464 e. The summed E-state index contributed by atoms with van der Waals surface area (Å²) in [5.74, 6) is -0.436. The van der Waals surface area contributed by atoms with Crippen LogP contribution in [0.25, 0.3) is 22.4 Å². The molecule has 0 atom stereocenters. The van der Waals surface area contributed by atoms with Crippen LogP contribution in [0.5, 0.6) is 0 Å². The lowest BCUT2D eigenvalue weighted by molar-refractivity contribution is 0.0596. The molecule has 1 aliphatic rings. The SMILES string of the molecule is COC(=O)c1[nH]c2c(c1-c1cc(Cl)c(Cl)c(Cl)c1)CCc1ccccc1-2. The number of aromatic nitrogens is 1. The van der Waals surface area contributed by atoms with E-state index in [4.69, 9.17) is 39.5 Å². The molecule has 6 heteroatoms. The van der Waals surface area contributed by atoms with Gasteiger partial charge in [0.1, 0.15) is 5.69 Å². The molecule has 2 aromatic carbocycles. The highest BCUT2D eigenvalue weighted by atomic mass is 35.5. The first kappa shape index (κ1) is 17.5. The number of esters is 1. The molecule has 0 unspecified atom stereocenters. The van der Waals surface area contributed by atoms with E-state index in [2.05, 4.69) is 17.1 Å². The van der Waals surface area contributed by atoms with Gasteiger partial charge < -0.3 is 9.72 Å². The smallest absolute Gasteiger partial charge is 0.355 e. The van der Waals surface area contributed by atoms with Crippen molar-refractivity contribution in [2.45, 2.75) is 12.8 Å². The second-order valence-electron chi connectivity index (χ2n) is 6.13. The average molecular weight is 407 g/mol. The normalized spacial score (nSPS) is 12.5. The summed E-state index contributed by atoms with van der Waals surface area (Å²) in [5, 5.41) is 0.985. The van der Waals surface area contributed by atoms with E-state index in [1.807, 2.05) is 12.1 Å². The highest BCUT2D eigenvalue weighted by Crippen LogP contribution is 2.43. The first-order chi connectivity index (χ1) is 12.5. The molecule has 1 heterocycles. The number of aromatic amines is 1. The molecule has 0 fully saturated rings. The molecule has 1 aromatic heterocycles. The van der Waals surface area contributed by atoms with Crippen molar-refractivity contribution in [1.29, 1.82) is 0 Å². The molecular weight excluding hydrogens is 393 g/mol. The number of nitrogens with one attached hydrogen (secondary N) is 1. The Balaban J connectivity index is 2.01. The van der Waals surface area contributed by atoms with Crippen molar-refractivity contribution in [3.63, 3.8) is 0 Å². The number of carbonyl (C=O) groups excluding carboxylic acids is 1. The second-order valence-corrected chi connectivity index (χ2v) is 7.32. The molecule has 0 bridgehead atoms. The van der Waals surface area contributed by atoms with E-state index >= 15 is 0 Å². The Bertz CT molecular complexity index is 1020. The fourth-order valence-electron chi connectivity index (χ4n) is 3.53. The Morgan fingerprint density at radius 3 is 2.46 bits per heavy atom. The monoisotopic (exact) mass is 405 g/mol. The van der Waals surface area contributed by atoms with Crippen LogP contribution in [0.4, 0.5) is 0 Å². The minimum Gasteiger partial charge on any atom is -0.464 e. The summed E-state index contributed by atoms with van der Waals surface area (Å²) in [6.07, 6.45) is 1.69. The van der Waals surface area contributed by atoms with Crippen molar-refractivity contribution in [1.82, 2.24) is 4.98 Å². The number of halogens is 3. The van der Waals surface area contributed by atoms with Gasteiger partial charge >= 0.3 is 5.97 Å². The molecule has 0 saturated carbocycles. The van der Waals surface area contributed by atoms with Gasteiger partial charge in [-0.2, -0.15) is 0 Å². The molecule has 0 amide bonds. The van der Waals surface area contributed by atoms with Crippen molar-refractivity contribution >= 4 is 40.8 Å². The van der Waals surface area contributed by atoms with Gasteiger partial charge in [0.15, 0.2) is 0 Å². The molecule has 0 saturated heterocycles. The molecular formula is C20H14Cl3NO2. The number of fused-ring (bicyclic) bond motifs is 3. The third-order valence-electron chi connectivity index (χ3n) is 4.70. The lowest BCUT2D eigenvalue weighted by Crippen LogP contribution is -2.04. The summed E-state index contributed by atoms with van der Waals surface area (Å²) in [6, 6.07) is 11.6. The van der Waals surface area contributed by atoms with Gasteiger partial charge in [-0.05, 0) is 41.7 Å². The van der Waals surface area contributed by atoms with Gasteiger partial charge in [0.2, 0.25) is 0 Å². The molecule has 26 heavy (non-hydrogen) atoms. The summed E-state index contributed by atoms with van der Waals surface area (Å²) >= 11 is 18.5. The Kier molecular flexibility index (Phi) is 4.47. The first-order valence-electron chi connectivity index (χ1n) is 8.07. The molecule has 4 rings (SSSR count). The molecule has 0 spiro atoms. The molecule has 3 nitrogen and oxygen atoms in total. The van der Waals surface area contributed by atoms with Crippen LogP contribution in [0.2, 0.25) is 15.1 Å². The number of rotatable bonds is 2. The zero-order chi connectivity index (χ0) is 18.4. The van der Waals surface area contributed by atoms with Gasteiger partial charge in [0.05, 0.1) is 27.9 Å². The number of H-pyrrole nitrogens is 1. The Morgan fingerprint density at radius 2 is 1.77 bits per heavy atom. The fraction of sp³-hybridized carbons (Fsp3) is 0.150. The van der Waals surface area contributed by atoms with Crippen LogP contribution in [-0.2, 0) is 17.6 Å². The molecule has 132 valence electrons. The third-order valence-corrected chi connectivity index (χ3v) is 5.89. The predicted octanol–water partition coefficient (Wildman–Crippen LogP) is 6.19. The highest BCUT2D eigenvalue weighted by Gasteiger charge is 2.28. The van der Waals surface area contributed by atoms with Gasteiger partial charge in [0.25, 0.3) is 0 Å². The van der Waals surface area contributed by atoms with Crippen molar-refractivity contribution in [2.75, 3.05) is 7.11 Å². The molecule has 0 aliphatic heterocycles. The Morgan fingerprint density at radius 1 is 1.08 bits per heavy atom. The van der Waals surface area contributed by atoms with Crippen LogP contribution < -0.4 is 0 Å². The van der Waals surface area contributed by atoms with Crippen molar-refractivity contribution < 1.29 is 9.53 Å². The van der Waals surface area contributed by atoms with Gasteiger partial charge in [-0.3, -0.25) is 0 Å². The van der Waals surface area contributed by atoms with E-state index in [0.29, 0.717) is 20.8 Å². The highest BCUT2D eigenvalue weighted by molar-refractivity contribution is 6.48. The Hall–Kier alpha value is -1.94. The minimum absolute atomic E-state index is 0.298. The van der Waals surface area contributed by atoms with Gasteiger partial charge in [-0.1, -0.05) is 59.1 Å². The number of hydrogen-bond donors (Lipinski definition) is 1. The summed E-state index contributed by atoms with van der Waals surface area (Å²) in [7, 11) is 1.36. The van der Waals surface area contributed by atoms with Gasteiger partial charge in [-0.15, -0.1) is 0 Å². The summed E-state index contributed by atoms with van der Waals surface area (Å²) in [6.45, 7) is 0. The lowest BCUT2D eigenvalue weighted by atomic mass is 9.87. The average Bonchev–Trinajstić information content (AvgIpc) is 3.05. The second kappa shape index (κ2) is 6.66. The summed E-state index contributed by atoms with van der Waals surface area (Å²) < 4.78 is 4.99. The fourth-order valence-corrected chi connectivity index (χ4v) is 4.13. The number of carbonyl (C=O) groups is 1. The van der Waals surface area contributed by atoms with Crippen LogP contribution in [0, 0.1) is 0 Å². The number of benzene rings is 2. The topological polar surface area (TPSA) is 42.1 Å². The van der Waals surface area contributed by atoms with E-state index in [0.717, 1.165) is 40.8 Å². The van der Waals surface area contributed by atoms with E-state index in [1.165, 1.54) is 12.7 Å². The van der Waals surface area contributed by atoms with Crippen molar-refractivity contribution in [2.24, 2.45) is 0 Å². The molecule has 3 aromatic rings. The van der Waals surface area contributed by atoms with E-state index in [-0.39, 0.29) is 0 Å². The quantitative estimate of drug-likeness (QED) is 0.407. The minimum atomic E-state index is -0.436. The van der Waals surface area contributed by atoms with Crippen LogP contribution in [0.1, 0.15) is 21.6 Å². The maximum atomic E-state index is 12.4. The van der Waals surface area contributed by atoms with Crippen LogP contribution in [0.3, 0.4) is 0 Å². The number of methoxy groups -OCH3 is 1. The zero-order valence-corrected chi connectivity index (χ0v) is 16.1. The van der Waals surface area contributed by atoms with E-state index < -0.39 is 5.97 Å². The molecule has 0 radical (unpaired) electrons. The van der Waals surface area contributed by atoms with Crippen molar-refractivity contribution in [3.8, 4) is 22.4 Å². The predicted molar refractivity (Wildman–Crippen MR) is 105 cm³/mol. The van der Waals surface area contributed by atoms with Crippen molar-refractivity contribution in [3.05, 3.63) is 68.3 Å². The maximum absolute atomic E-state index is 12.4. The number of hydrogen-bond acceptors (Lipinski definition) is 2. The van der Waals surface area contributed by atoms with Gasteiger partial charge in [0, 0.05) is 11.1 Å². The lowest BCUT2D eigenvalue weighted by Gasteiger charge is -2.17. The summed E-state index contributed by atoms with van der Waals surface area (Å²) in [5.41, 5.74) is 6.22. The zero-order valence-electron chi connectivity index (χ0n) is 13.8. The maximum Gasteiger partial charge on any atom is 0.355 e. The number of aryl methyl sites for hydroxylation is 1. The summed E-state index contributed by atoms with van der Waals surface area (Å²) in [4.78, 5) is 15.7. The standard InChI is InChI=1S/C20H14Cl3NO2/c1-26-20(25)19-16(11-8-14(21)17(23)15(22)9-11)13-7-6-10-4-2-3-5-12(10)18(13)24-19/h2-5,8-9,24H,6-7H2,1H3. The van der Waals surface area contributed by atoms with Crippen LogP contribution >= 0.6 is 34.8 Å². The first-order valence-corrected chi connectivity index (χ1v) is 9.21. The molecule has 1 N–H and O–H groups in total. The van der Waals surface area contributed by atoms with E-state index in [9.17, 15) is 4.79 Å². The third kappa shape index (κ3) is 2.71. The van der Waals surface area contributed by atoms with E-state index in [1.54, 1.807) is 12.1 Å².